The van der Waals surface area contributed by atoms with Crippen LogP contribution in [0.5, 0.6) is 0 Å². The van der Waals surface area contributed by atoms with E-state index < -0.39 is 5.79 Å². The molecule has 0 saturated carbocycles. The van der Waals surface area contributed by atoms with Crippen molar-refractivity contribution in [3.63, 3.8) is 0 Å². The van der Waals surface area contributed by atoms with Gasteiger partial charge in [0.2, 0.25) is 5.91 Å². The van der Waals surface area contributed by atoms with Crippen molar-refractivity contribution < 1.29 is 19.0 Å². The molecule has 1 amide bonds. The van der Waals surface area contributed by atoms with E-state index in [-0.39, 0.29) is 17.9 Å². The van der Waals surface area contributed by atoms with Crippen molar-refractivity contribution >= 4 is 17.5 Å². The third kappa shape index (κ3) is 4.08. The van der Waals surface area contributed by atoms with Gasteiger partial charge >= 0.3 is 0 Å². The van der Waals surface area contributed by atoms with Gasteiger partial charge in [0, 0.05) is 26.4 Å². The molecule has 7 nitrogen and oxygen atoms in total. The van der Waals surface area contributed by atoms with Crippen molar-refractivity contribution in [2.24, 2.45) is 13.0 Å². The molecule has 0 unspecified atom stereocenters. The molecule has 0 bridgehead atoms. The van der Waals surface area contributed by atoms with Crippen LogP contribution in [0.15, 0.2) is 6.20 Å². The van der Waals surface area contributed by atoms with Gasteiger partial charge in [-0.05, 0) is 20.3 Å². The molecule has 3 heterocycles. The third-order valence-electron chi connectivity index (χ3n) is 4.28. The van der Waals surface area contributed by atoms with E-state index in [1.54, 1.807) is 15.8 Å². The Morgan fingerprint density at radius 2 is 2.29 bits per heavy atom. The number of nitrogens with zero attached hydrogens (tertiary/aromatic N) is 3. The predicted octanol–water partition coefficient (Wildman–Crippen LogP) is 1.59. The van der Waals surface area contributed by atoms with Gasteiger partial charge in [-0.15, -0.1) is 0 Å². The van der Waals surface area contributed by atoms with Gasteiger partial charge in [0.1, 0.15) is 11.8 Å². The second-order valence-electron chi connectivity index (χ2n) is 6.83. The lowest BCUT2D eigenvalue weighted by atomic mass is 10.1. The highest BCUT2D eigenvalue weighted by Gasteiger charge is 2.36. The summed E-state index contributed by atoms with van der Waals surface area (Å²) in [5.74, 6) is -0.663. The Bertz CT molecular complexity index is 598. The molecule has 1 aromatic heterocycles. The molecule has 0 spiro atoms. The molecule has 0 N–H and O–H groups in total. The molecule has 2 atom stereocenters. The van der Waals surface area contributed by atoms with E-state index in [0.29, 0.717) is 43.6 Å². The maximum atomic E-state index is 12.9. The zero-order valence-electron chi connectivity index (χ0n) is 14.3. The van der Waals surface area contributed by atoms with Gasteiger partial charge < -0.3 is 19.1 Å². The van der Waals surface area contributed by atoms with Gasteiger partial charge in [-0.2, -0.15) is 5.10 Å². The summed E-state index contributed by atoms with van der Waals surface area (Å²) in [6.07, 6.45) is 2.32. The fraction of sp³-hybridized carbons (Fsp3) is 0.750. The fourth-order valence-corrected chi connectivity index (χ4v) is 3.35. The molecule has 2 saturated heterocycles. The molecule has 8 heteroatoms. The van der Waals surface area contributed by atoms with Crippen molar-refractivity contribution in [3.05, 3.63) is 16.9 Å². The minimum Gasteiger partial charge on any atom is -0.381 e. The summed E-state index contributed by atoms with van der Waals surface area (Å²) in [6.45, 7) is 6.12. The smallest absolute Gasteiger partial charge is 0.228 e. The van der Waals surface area contributed by atoms with Crippen molar-refractivity contribution in [1.82, 2.24) is 14.7 Å². The maximum absolute atomic E-state index is 12.9. The van der Waals surface area contributed by atoms with Gasteiger partial charge in [-0.25, -0.2) is 0 Å². The average molecular weight is 358 g/mol. The van der Waals surface area contributed by atoms with Crippen LogP contribution >= 0.6 is 11.6 Å². The zero-order chi connectivity index (χ0) is 17.3. The van der Waals surface area contributed by atoms with Crippen LogP contribution < -0.4 is 0 Å². The highest BCUT2D eigenvalue weighted by molar-refractivity contribution is 6.31. The number of ether oxygens (including phenoxy) is 3. The second-order valence-corrected chi connectivity index (χ2v) is 7.23. The maximum Gasteiger partial charge on any atom is 0.228 e. The lowest BCUT2D eigenvalue weighted by molar-refractivity contribution is -0.148. The Kier molecular flexibility index (Phi) is 5.15. The fourth-order valence-electron chi connectivity index (χ4n) is 3.11. The highest BCUT2D eigenvalue weighted by Crippen LogP contribution is 2.25. The number of rotatable bonds is 5. The van der Waals surface area contributed by atoms with E-state index in [1.807, 2.05) is 20.9 Å². The quantitative estimate of drug-likeness (QED) is 0.800. The summed E-state index contributed by atoms with van der Waals surface area (Å²) in [5, 5.41) is 4.91. The molecule has 2 fully saturated rings. The zero-order valence-corrected chi connectivity index (χ0v) is 15.1. The molecular weight excluding hydrogens is 334 g/mol. The Morgan fingerprint density at radius 3 is 2.83 bits per heavy atom. The van der Waals surface area contributed by atoms with Crippen LogP contribution in [-0.2, 0) is 32.6 Å². The predicted molar refractivity (Wildman–Crippen MR) is 87.5 cm³/mol. The van der Waals surface area contributed by atoms with Gasteiger partial charge in [0.05, 0.1) is 30.7 Å². The third-order valence-corrected chi connectivity index (χ3v) is 4.59. The van der Waals surface area contributed by atoms with Gasteiger partial charge in [-0.3, -0.25) is 9.48 Å². The SMILES string of the molecule is Cn1cc(Cl)c(CN(C[C@H]2COC(C)(C)O2)C(=O)[C@H]2CCOC2)n1. The molecular formula is C16H24ClN3O4. The Morgan fingerprint density at radius 1 is 1.50 bits per heavy atom. The van der Waals surface area contributed by atoms with Crippen molar-refractivity contribution in [2.45, 2.75) is 38.7 Å². The molecule has 0 aliphatic carbocycles. The van der Waals surface area contributed by atoms with Crippen LogP contribution in [-0.4, -0.2) is 58.8 Å². The number of aryl methyl sites for hydroxylation is 1. The Labute approximate surface area is 146 Å². The monoisotopic (exact) mass is 357 g/mol. The lowest BCUT2D eigenvalue weighted by Crippen LogP contribution is -2.42. The number of amides is 1. The van der Waals surface area contributed by atoms with Crippen LogP contribution in [0.4, 0.5) is 0 Å². The van der Waals surface area contributed by atoms with Crippen LogP contribution in [0.3, 0.4) is 0 Å². The van der Waals surface area contributed by atoms with Crippen LogP contribution in [0.2, 0.25) is 5.02 Å². The second kappa shape index (κ2) is 7.00. The molecule has 24 heavy (non-hydrogen) atoms. The molecule has 3 rings (SSSR count). The molecule has 0 aromatic carbocycles. The first-order valence-corrected chi connectivity index (χ1v) is 8.58. The number of hydrogen-bond acceptors (Lipinski definition) is 5. The minimum atomic E-state index is -0.613. The number of hydrogen-bond donors (Lipinski definition) is 0. The van der Waals surface area contributed by atoms with Gasteiger partial charge in [0.25, 0.3) is 0 Å². The van der Waals surface area contributed by atoms with Crippen molar-refractivity contribution in [2.75, 3.05) is 26.4 Å². The number of halogens is 1. The molecule has 2 aliphatic rings. The van der Waals surface area contributed by atoms with E-state index in [2.05, 4.69) is 5.10 Å². The summed E-state index contributed by atoms with van der Waals surface area (Å²) in [5.41, 5.74) is 0.685. The standard InChI is InChI=1S/C16H24ClN3O4/c1-16(2)23-10-12(24-16)6-20(15(21)11-4-5-22-9-11)8-14-13(17)7-19(3)18-14/h7,11-12H,4-6,8-10H2,1-3H3/t11-,12-/m0/s1. The first-order valence-electron chi connectivity index (χ1n) is 8.20. The van der Waals surface area contributed by atoms with Crippen LogP contribution in [0.25, 0.3) is 0 Å². The van der Waals surface area contributed by atoms with E-state index in [4.69, 9.17) is 25.8 Å². The summed E-state index contributed by atoms with van der Waals surface area (Å²) in [4.78, 5) is 14.7. The minimum absolute atomic E-state index is 0.0579. The average Bonchev–Trinajstić information content (AvgIpc) is 3.20. The van der Waals surface area contributed by atoms with E-state index in [1.165, 1.54) is 0 Å². The highest BCUT2D eigenvalue weighted by atomic mass is 35.5. The van der Waals surface area contributed by atoms with Crippen LogP contribution in [0, 0.1) is 5.92 Å². The molecule has 0 radical (unpaired) electrons. The number of carbonyl (C=O) groups is 1. The van der Waals surface area contributed by atoms with Gasteiger partial charge in [-0.1, -0.05) is 11.6 Å². The number of aromatic nitrogens is 2. The summed E-state index contributed by atoms with van der Waals surface area (Å²) in [6, 6.07) is 0. The molecule has 1 aromatic rings. The largest absolute Gasteiger partial charge is 0.381 e. The van der Waals surface area contributed by atoms with Crippen LogP contribution in [0.1, 0.15) is 26.0 Å². The molecule has 134 valence electrons. The van der Waals surface area contributed by atoms with Crippen molar-refractivity contribution in [3.8, 4) is 0 Å². The Hall–Kier alpha value is -1.15. The van der Waals surface area contributed by atoms with Crippen molar-refractivity contribution in [1.29, 1.82) is 0 Å². The molecule has 2 aliphatic heterocycles. The summed E-state index contributed by atoms with van der Waals surface area (Å²) in [7, 11) is 1.81. The van der Waals surface area contributed by atoms with Gasteiger partial charge in [0.15, 0.2) is 5.79 Å². The first kappa shape index (κ1) is 17.7. The van der Waals surface area contributed by atoms with E-state index in [0.717, 1.165) is 6.42 Å². The Balaban J connectivity index is 1.72. The summed E-state index contributed by atoms with van der Waals surface area (Å²) < 4.78 is 18.5. The lowest BCUT2D eigenvalue weighted by Gasteiger charge is -2.27. The first-order chi connectivity index (χ1) is 11.3. The summed E-state index contributed by atoms with van der Waals surface area (Å²) >= 11 is 6.21. The normalized spacial score (nSPS) is 26.0. The van der Waals surface area contributed by atoms with E-state index >= 15 is 0 Å². The number of carbonyl (C=O) groups excluding carboxylic acids is 1. The topological polar surface area (TPSA) is 65.8 Å². The van der Waals surface area contributed by atoms with E-state index in [9.17, 15) is 4.79 Å².